The first-order chi connectivity index (χ1) is 9.60. The number of nitrogens with zero attached hydrogens (tertiary/aromatic N) is 1. The van der Waals surface area contributed by atoms with Crippen LogP contribution < -0.4 is 4.90 Å². The third-order valence-electron chi connectivity index (χ3n) is 3.94. The van der Waals surface area contributed by atoms with Crippen molar-refractivity contribution in [3.8, 4) is 0 Å². The van der Waals surface area contributed by atoms with Gasteiger partial charge in [-0.05, 0) is 49.4 Å². The quantitative estimate of drug-likeness (QED) is 0.525. The van der Waals surface area contributed by atoms with E-state index in [1.165, 1.54) is 25.7 Å². The van der Waals surface area contributed by atoms with Gasteiger partial charge < -0.3 is 4.90 Å². The molecule has 0 aliphatic rings. The second kappa shape index (κ2) is 8.66. The summed E-state index contributed by atoms with van der Waals surface area (Å²) in [6.07, 6.45) is 4.85. The van der Waals surface area contributed by atoms with Crippen molar-refractivity contribution in [1.82, 2.24) is 0 Å². The van der Waals surface area contributed by atoms with Crippen LogP contribution in [0.1, 0.15) is 46.5 Å². The van der Waals surface area contributed by atoms with Crippen LogP contribution in [0.4, 0.5) is 10.1 Å². The van der Waals surface area contributed by atoms with Gasteiger partial charge in [-0.3, -0.25) is 0 Å². The molecule has 0 fully saturated rings. The molecule has 1 rings (SSSR count). The monoisotopic (exact) mass is 343 g/mol. The average Bonchev–Trinajstić information content (AvgIpc) is 2.46. The van der Waals surface area contributed by atoms with Crippen LogP contribution in [0.25, 0.3) is 0 Å². The molecule has 0 amide bonds. The summed E-state index contributed by atoms with van der Waals surface area (Å²) < 4.78 is 13.1. The van der Waals surface area contributed by atoms with Gasteiger partial charge in [0.05, 0.1) is 0 Å². The Bertz CT molecular complexity index is 371. The number of hydrogen-bond donors (Lipinski definition) is 0. The maximum Gasteiger partial charge on any atom is 0.123 e. The summed E-state index contributed by atoms with van der Waals surface area (Å²) in [5.41, 5.74) is 1.43. The molecule has 0 aliphatic carbocycles. The first-order valence-corrected chi connectivity index (χ1v) is 8.79. The van der Waals surface area contributed by atoms with Crippen LogP contribution in [-0.2, 0) is 0 Å². The van der Waals surface area contributed by atoms with Gasteiger partial charge in [-0.25, -0.2) is 4.39 Å². The van der Waals surface area contributed by atoms with Crippen LogP contribution in [0, 0.1) is 11.2 Å². The van der Waals surface area contributed by atoms with E-state index < -0.39 is 0 Å². The van der Waals surface area contributed by atoms with E-state index in [9.17, 15) is 4.39 Å². The molecule has 3 heteroatoms. The normalized spacial score (nSPS) is 11.7. The summed E-state index contributed by atoms with van der Waals surface area (Å²) in [6.45, 7) is 8.65. The lowest BCUT2D eigenvalue weighted by atomic mass is 9.80. The van der Waals surface area contributed by atoms with E-state index in [0.717, 1.165) is 24.1 Å². The summed E-state index contributed by atoms with van der Waals surface area (Å²) >= 11 is 3.73. The van der Waals surface area contributed by atoms with Crippen molar-refractivity contribution in [2.45, 2.75) is 46.5 Å². The molecule has 114 valence electrons. The third kappa shape index (κ3) is 4.76. The number of anilines is 1. The smallest absolute Gasteiger partial charge is 0.123 e. The zero-order valence-corrected chi connectivity index (χ0v) is 14.5. The number of benzene rings is 1. The Morgan fingerprint density at radius 2 is 1.60 bits per heavy atom. The SMILES string of the molecule is CCCC(CBr)(CCC)CN(CC)c1ccc(F)cc1. The van der Waals surface area contributed by atoms with Crippen LogP contribution in [0.5, 0.6) is 0 Å². The molecule has 0 unspecified atom stereocenters. The maximum atomic E-state index is 13.1. The van der Waals surface area contributed by atoms with Crippen LogP contribution in [-0.4, -0.2) is 18.4 Å². The van der Waals surface area contributed by atoms with E-state index >= 15 is 0 Å². The van der Waals surface area contributed by atoms with Gasteiger partial charge in [-0.2, -0.15) is 0 Å². The molecule has 0 spiro atoms. The predicted octanol–water partition coefficient (Wildman–Crippen LogP) is 5.63. The minimum atomic E-state index is -0.168. The molecule has 0 atom stereocenters. The van der Waals surface area contributed by atoms with E-state index in [1.807, 2.05) is 12.1 Å². The van der Waals surface area contributed by atoms with Crippen LogP contribution in [0.15, 0.2) is 24.3 Å². The highest BCUT2D eigenvalue weighted by atomic mass is 79.9. The number of alkyl halides is 1. The lowest BCUT2D eigenvalue weighted by Crippen LogP contribution is -2.39. The lowest BCUT2D eigenvalue weighted by Gasteiger charge is -2.38. The minimum absolute atomic E-state index is 0.168. The van der Waals surface area contributed by atoms with Crippen LogP contribution >= 0.6 is 15.9 Å². The Hall–Kier alpha value is -0.570. The van der Waals surface area contributed by atoms with E-state index in [-0.39, 0.29) is 5.82 Å². The van der Waals surface area contributed by atoms with Crippen molar-refractivity contribution < 1.29 is 4.39 Å². The van der Waals surface area contributed by atoms with Gasteiger partial charge in [-0.1, -0.05) is 42.6 Å². The summed E-state index contributed by atoms with van der Waals surface area (Å²) in [7, 11) is 0. The highest BCUT2D eigenvalue weighted by Gasteiger charge is 2.29. The van der Waals surface area contributed by atoms with Crippen molar-refractivity contribution in [3.63, 3.8) is 0 Å². The molecule has 1 nitrogen and oxygen atoms in total. The van der Waals surface area contributed by atoms with Crippen molar-refractivity contribution in [2.24, 2.45) is 5.41 Å². The summed E-state index contributed by atoms with van der Waals surface area (Å²) in [6, 6.07) is 6.87. The van der Waals surface area contributed by atoms with Gasteiger partial charge in [0.25, 0.3) is 0 Å². The standard InChI is InChI=1S/C17H27BrFN/c1-4-11-17(13-18,12-5-2)14-20(6-3)16-9-7-15(19)8-10-16/h7-10H,4-6,11-14H2,1-3H3. The first-order valence-electron chi connectivity index (χ1n) is 7.67. The van der Waals surface area contributed by atoms with Gasteiger partial charge in [0.1, 0.15) is 5.82 Å². The molecule has 0 N–H and O–H groups in total. The summed E-state index contributed by atoms with van der Waals surface area (Å²) in [4.78, 5) is 2.37. The number of hydrogen-bond acceptors (Lipinski definition) is 1. The van der Waals surface area contributed by atoms with E-state index in [1.54, 1.807) is 12.1 Å². The van der Waals surface area contributed by atoms with Gasteiger partial charge in [0.15, 0.2) is 0 Å². The van der Waals surface area contributed by atoms with Crippen molar-refractivity contribution >= 4 is 21.6 Å². The zero-order chi connectivity index (χ0) is 15.0. The zero-order valence-electron chi connectivity index (χ0n) is 13.0. The molecular weight excluding hydrogens is 317 g/mol. The molecular formula is C17H27BrFN. The van der Waals surface area contributed by atoms with E-state index in [0.29, 0.717) is 5.41 Å². The van der Waals surface area contributed by atoms with Gasteiger partial charge >= 0.3 is 0 Å². The second-order valence-electron chi connectivity index (χ2n) is 5.62. The lowest BCUT2D eigenvalue weighted by molar-refractivity contribution is 0.280. The molecule has 0 heterocycles. The fourth-order valence-corrected chi connectivity index (χ4v) is 3.70. The van der Waals surface area contributed by atoms with Crippen LogP contribution in [0.3, 0.4) is 0 Å². The fourth-order valence-electron chi connectivity index (χ4n) is 2.96. The molecule has 1 aromatic carbocycles. The largest absolute Gasteiger partial charge is 0.371 e. The van der Waals surface area contributed by atoms with Crippen molar-refractivity contribution in [3.05, 3.63) is 30.1 Å². The minimum Gasteiger partial charge on any atom is -0.371 e. The molecule has 0 aliphatic heterocycles. The van der Waals surface area contributed by atoms with Crippen molar-refractivity contribution in [2.75, 3.05) is 23.3 Å². The summed E-state index contributed by atoms with van der Waals surface area (Å²) in [5, 5.41) is 1.03. The molecule has 1 aromatic rings. The maximum absolute atomic E-state index is 13.1. The molecule has 0 bridgehead atoms. The number of rotatable bonds is 9. The van der Waals surface area contributed by atoms with Gasteiger partial charge in [0, 0.05) is 24.1 Å². The molecule has 0 saturated heterocycles. The van der Waals surface area contributed by atoms with Gasteiger partial charge in [0.2, 0.25) is 0 Å². The van der Waals surface area contributed by atoms with E-state index in [2.05, 4.69) is 41.6 Å². The summed E-state index contributed by atoms with van der Waals surface area (Å²) in [5.74, 6) is -0.168. The Balaban J connectivity index is 2.90. The molecule has 0 aromatic heterocycles. The predicted molar refractivity (Wildman–Crippen MR) is 90.3 cm³/mol. The average molecular weight is 344 g/mol. The number of halogens is 2. The highest BCUT2D eigenvalue weighted by Crippen LogP contribution is 2.34. The first kappa shape index (κ1) is 17.5. The Morgan fingerprint density at radius 3 is 2.00 bits per heavy atom. The third-order valence-corrected chi connectivity index (χ3v) is 5.13. The van der Waals surface area contributed by atoms with Gasteiger partial charge in [-0.15, -0.1) is 0 Å². The Morgan fingerprint density at radius 1 is 1.05 bits per heavy atom. The highest BCUT2D eigenvalue weighted by molar-refractivity contribution is 9.09. The van der Waals surface area contributed by atoms with Crippen molar-refractivity contribution in [1.29, 1.82) is 0 Å². The van der Waals surface area contributed by atoms with E-state index in [4.69, 9.17) is 0 Å². The topological polar surface area (TPSA) is 3.24 Å². The Labute approximate surface area is 131 Å². The van der Waals surface area contributed by atoms with Crippen LogP contribution in [0.2, 0.25) is 0 Å². The Kier molecular flexibility index (Phi) is 7.57. The second-order valence-corrected chi connectivity index (χ2v) is 6.18. The fraction of sp³-hybridized carbons (Fsp3) is 0.647. The molecule has 0 saturated carbocycles. The molecule has 0 radical (unpaired) electrons. The molecule has 20 heavy (non-hydrogen) atoms.